The molecule has 5 rings (SSSR count). The van der Waals surface area contributed by atoms with Gasteiger partial charge in [-0.05, 0) is 54.8 Å². The smallest absolute Gasteiger partial charge is 0.266 e. The van der Waals surface area contributed by atoms with Crippen molar-refractivity contribution in [1.29, 1.82) is 0 Å². The van der Waals surface area contributed by atoms with Gasteiger partial charge in [0, 0.05) is 23.9 Å². The van der Waals surface area contributed by atoms with Crippen molar-refractivity contribution >= 4 is 51.9 Å². The molecule has 0 unspecified atom stereocenters. The molecule has 1 aliphatic heterocycles. The average Bonchev–Trinajstić information content (AvgIpc) is 3.49. The van der Waals surface area contributed by atoms with Crippen molar-refractivity contribution in [2.24, 2.45) is 0 Å². The first-order valence-corrected chi connectivity index (χ1v) is 14.5. The van der Waals surface area contributed by atoms with E-state index in [0.29, 0.717) is 33.1 Å². The fourth-order valence-corrected chi connectivity index (χ4v) is 5.78. The van der Waals surface area contributed by atoms with Crippen molar-refractivity contribution in [3.05, 3.63) is 106 Å². The Kier molecular flexibility index (Phi) is 8.81. The molecule has 39 heavy (non-hydrogen) atoms. The number of aromatic nitrogens is 2. The predicted octanol–water partition coefficient (Wildman–Crippen LogP) is 7.82. The average molecular weight is 574 g/mol. The second kappa shape index (κ2) is 12.6. The monoisotopic (exact) mass is 573 g/mol. The minimum absolute atomic E-state index is 0.0861. The Hall–Kier alpha value is -3.39. The number of carbonyl (C=O) groups excluding carboxylic acids is 1. The number of para-hydroxylation sites is 1. The molecule has 1 amide bonds. The van der Waals surface area contributed by atoms with Crippen molar-refractivity contribution in [2.45, 2.75) is 26.2 Å². The van der Waals surface area contributed by atoms with Gasteiger partial charge < -0.3 is 4.74 Å². The molecule has 0 N–H and O–H groups in total. The van der Waals surface area contributed by atoms with E-state index < -0.39 is 0 Å². The highest BCUT2D eigenvalue weighted by molar-refractivity contribution is 8.26. The van der Waals surface area contributed by atoms with E-state index in [-0.39, 0.29) is 5.91 Å². The summed E-state index contributed by atoms with van der Waals surface area (Å²) >= 11 is 13.5. The maximum Gasteiger partial charge on any atom is 0.266 e. The van der Waals surface area contributed by atoms with E-state index in [2.05, 4.69) is 19.1 Å². The van der Waals surface area contributed by atoms with Crippen LogP contribution in [0.2, 0.25) is 5.02 Å². The number of halogens is 1. The van der Waals surface area contributed by atoms with Crippen LogP contribution in [-0.2, 0) is 11.2 Å². The Balaban J connectivity index is 1.45. The molecule has 5 nitrogen and oxygen atoms in total. The summed E-state index contributed by atoms with van der Waals surface area (Å²) in [5.41, 5.74) is 4.44. The van der Waals surface area contributed by atoms with Crippen LogP contribution in [0.1, 0.15) is 30.9 Å². The van der Waals surface area contributed by atoms with Crippen molar-refractivity contribution in [2.75, 3.05) is 13.2 Å². The number of ether oxygens (including phenoxy) is 1. The topological polar surface area (TPSA) is 47.4 Å². The van der Waals surface area contributed by atoms with Crippen LogP contribution < -0.4 is 4.74 Å². The number of benzene rings is 3. The third-order valence-corrected chi connectivity index (χ3v) is 8.02. The Bertz CT molecular complexity index is 1500. The minimum atomic E-state index is -0.0861. The van der Waals surface area contributed by atoms with Gasteiger partial charge in [0.05, 0.1) is 22.2 Å². The van der Waals surface area contributed by atoms with Gasteiger partial charge >= 0.3 is 0 Å². The lowest BCUT2D eigenvalue weighted by atomic mass is 10.1. The molecule has 1 aliphatic rings. The summed E-state index contributed by atoms with van der Waals surface area (Å²) < 4.78 is 8.22. The van der Waals surface area contributed by atoms with Gasteiger partial charge in [-0.15, -0.1) is 0 Å². The Morgan fingerprint density at radius 3 is 2.51 bits per heavy atom. The van der Waals surface area contributed by atoms with Crippen LogP contribution in [0.4, 0.5) is 0 Å². The van der Waals surface area contributed by atoms with Gasteiger partial charge in [0.25, 0.3) is 5.91 Å². The fourth-order valence-electron chi connectivity index (χ4n) is 4.24. The lowest BCUT2D eigenvalue weighted by Gasteiger charge is -2.14. The number of rotatable bonds is 10. The molecule has 2 heterocycles. The van der Waals surface area contributed by atoms with E-state index in [1.807, 2.05) is 83.7 Å². The molecule has 0 spiro atoms. The van der Waals surface area contributed by atoms with Gasteiger partial charge in [0.2, 0.25) is 0 Å². The molecule has 0 saturated carbocycles. The normalized spacial score (nSPS) is 14.4. The largest absolute Gasteiger partial charge is 0.492 e. The van der Waals surface area contributed by atoms with E-state index >= 15 is 0 Å². The zero-order valence-electron chi connectivity index (χ0n) is 21.5. The van der Waals surface area contributed by atoms with Crippen molar-refractivity contribution in [3.63, 3.8) is 0 Å². The maximum atomic E-state index is 13.4. The minimum Gasteiger partial charge on any atom is -0.492 e. The summed E-state index contributed by atoms with van der Waals surface area (Å²) in [5, 5.41) is 5.41. The molecule has 0 atom stereocenters. The van der Waals surface area contributed by atoms with Crippen molar-refractivity contribution in [3.8, 4) is 22.7 Å². The highest BCUT2D eigenvalue weighted by Crippen LogP contribution is 2.36. The number of nitrogens with zero attached hydrogens (tertiary/aromatic N) is 3. The summed E-state index contributed by atoms with van der Waals surface area (Å²) in [5.74, 6) is 0.564. The van der Waals surface area contributed by atoms with Crippen LogP contribution in [0.25, 0.3) is 23.0 Å². The van der Waals surface area contributed by atoms with Gasteiger partial charge in [0.15, 0.2) is 0 Å². The molecular weight excluding hydrogens is 546 g/mol. The molecule has 3 aromatic carbocycles. The summed E-state index contributed by atoms with van der Waals surface area (Å²) in [4.78, 5) is 15.6. The Morgan fingerprint density at radius 1 is 1.05 bits per heavy atom. The van der Waals surface area contributed by atoms with Crippen LogP contribution in [0, 0.1) is 0 Å². The molecule has 4 aromatic rings. The molecular formula is C31H28ClN3O2S2. The third-order valence-electron chi connectivity index (χ3n) is 6.35. The number of hydrogen-bond acceptors (Lipinski definition) is 5. The van der Waals surface area contributed by atoms with E-state index in [9.17, 15) is 4.79 Å². The maximum absolute atomic E-state index is 13.4. The number of thioether (sulfide) groups is 1. The van der Waals surface area contributed by atoms with Crippen LogP contribution >= 0.6 is 35.6 Å². The number of hydrogen-bond donors (Lipinski definition) is 0. The van der Waals surface area contributed by atoms with Gasteiger partial charge in [-0.3, -0.25) is 9.69 Å². The first kappa shape index (κ1) is 27.2. The molecule has 1 fully saturated rings. The van der Waals surface area contributed by atoms with Gasteiger partial charge in [0.1, 0.15) is 15.8 Å². The number of thiocarbonyl (C=S) groups is 1. The van der Waals surface area contributed by atoms with E-state index in [1.54, 1.807) is 4.90 Å². The van der Waals surface area contributed by atoms with Crippen LogP contribution in [0.5, 0.6) is 5.75 Å². The van der Waals surface area contributed by atoms with Crippen LogP contribution in [0.15, 0.2) is 90.0 Å². The lowest BCUT2D eigenvalue weighted by Crippen LogP contribution is -2.30. The first-order valence-electron chi connectivity index (χ1n) is 12.9. The predicted molar refractivity (Wildman–Crippen MR) is 164 cm³/mol. The van der Waals surface area contributed by atoms with Gasteiger partial charge in [-0.25, -0.2) is 4.68 Å². The van der Waals surface area contributed by atoms with Crippen LogP contribution in [0.3, 0.4) is 0 Å². The highest BCUT2D eigenvalue weighted by atomic mass is 35.5. The molecule has 0 aliphatic carbocycles. The zero-order valence-corrected chi connectivity index (χ0v) is 23.9. The van der Waals surface area contributed by atoms with E-state index in [4.69, 9.17) is 33.7 Å². The summed E-state index contributed by atoms with van der Waals surface area (Å²) in [6.45, 7) is 3.28. The van der Waals surface area contributed by atoms with E-state index in [0.717, 1.165) is 41.8 Å². The lowest BCUT2D eigenvalue weighted by molar-refractivity contribution is -0.122. The second-order valence-electron chi connectivity index (χ2n) is 9.13. The fraction of sp³-hybridized carbons (Fsp3) is 0.194. The zero-order chi connectivity index (χ0) is 27.2. The standard InChI is InChI=1S/C31H28ClN3O2S2/c1-2-3-18-37-27-15-14-23(19-26(27)32)29-24(21-35(33-29)25-12-8-5-9-13-25)20-28-30(36)34(31(38)39-28)17-16-22-10-6-4-7-11-22/h4-15,19-21H,2-3,16-18H2,1H3. The summed E-state index contributed by atoms with van der Waals surface area (Å²) in [6.07, 6.45) is 6.56. The molecule has 0 radical (unpaired) electrons. The molecule has 1 aromatic heterocycles. The summed E-state index contributed by atoms with van der Waals surface area (Å²) in [7, 11) is 0. The number of carbonyl (C=O) groups is 1. The Morgan fingerprint density at radius 2 is 1.79 bits per heavy atom. The second-order valence-corrected chi connectivity index (χ2v) is 11.2. The quantitative estimate of drug-likeness (QED) is 0.110. The van der Waals surface area contributed by atoms with Crippen LogP contribution in [-0.4, -0.2) is 38.1 Å². The molecule has 0 bridgehead atoms. The molecule has 1 saturated heterocycles. The third kappa shape index (κ3) is 6.44. The molecule has 198 valence electrons. The number of unbranched alkanes of at least 4 members (excludes halogenated alkanes) is 1. The van der Waals surface area contributed by atoms with Gasteiger partial charge in [-0.2, -0.15) is 5.10 Å². The first-order chi connectivity index (χ1) is 19.0. The highest BCUT2D eigenvalue weighted by Gasteiger charge is 2.32. The molecule has 8 heteroatoms. The van der Waals surface area contributed by atoms with Gasteiger partial charge in [-0.1, -0.05) is 97.5 Å². The summed E-state index contributed by atoms with van der Waals surface area (Å²) in [6, 6.07) is 25.7. The Labute approximate surface area is 243 Å². The van der Waals surface area contributed by atoms with E-state index in [1.165, 1.54) is 17.3 Å². The SMILES string of the molecule is CCCCOc1ccc(-c2nn(-c3ccccc3)cc2C=C2SC(=S)N(CCc3ccccc3)C2=O)cc1Cl. The van der Waals surface area contributed by atoms with Crippen molar-refractivity contribution in [1.82, 2.24) is 14.7 Å². The van der Waals surface area contributed by atoms with Crippen molar-refractivity contribution < 1.29 is 9.53 Å². The number of amides is 1.